The zero-order valence-corrected chi connectivity index (χ0v) is 16.9. The van der Waals surface area contributed by atoms with Gasteiger partial charge in [0.2, 0.25) is 5.91 Å². The summed E-state index contributed by atoms with van der Waals surface area (Å²) < 4.78 is 2.34. The molecule has 3 aliphatic rings. The van der Waals surface area contributed by atoms with Gasteiger partial charge in [-0.3, -0.25) is 10.2 Å². The maximum absolute atomic E-state index is 13.4. The van der Waals surface area contributed by atoms with Gasteiger partial charge in [-0.25, -0.2) is 5.43 Å². The van der Waals surface area contributed by atoms with E-state index in [4.69, 9.17) is 0 Å². The Hall–Kier alpha value is -2.25. The quantitative estimate of drug-likeness (QED) is 0.835. The summed E-state index contributed by atoms with van der Waals surface area (Å²) in [4.78, 5) is 15.5. The monoisotopic (exact) mass is 394 g/mol. The van der Waals surface area contributed by atoms with Crippen LogP contribution in [0.25, 0.3) is 0 Å². The van der Waals surface area contributed by atoms with E-state index in [2.05, 4.69) is 42.6 Å². The van der Waals surface area contributed by atoms with Gasteiger partial charge in [-0.05, 0) is 31.2 Å². The number of hydrogen-bond donors (Lipinski definition) is 2. The first-order valence-electron chi connectivity index (χ1n) is 11.1. The molecule has 29 heavy (non-hydrogen) atoms. The highest BCUT2D eigenvalue weighted by atomic mass is 16.2. The molecule has 0 bridgehead atoms. The van der Waals surface area contributed by atoms with Gasteiger partial charge in [0.15, 0.2) is 0 Å². The average molecular weight is 395 g/mol. The van der Waals surface area contributed by atoms with Gasteiger partial charge in [-0.1, -0.05) is 36.8 Å². The molecule has 1 aromatic heterocycles. The summed E-state index contributed by atoms with van der Waals surface area (Å²) in [6.07, 6.45) is 6.82. The molecule has 7 nitrogen and oxygen atoms in total. The number of piperidine rings is 1. The van der Waals surface area contributed by atoms with Crippen LogP contribution in [0.1, 0.15) is 61.3 Å². The van der Waals surface area contributed by atoms with E-state index in [9.17, 15) is 4.79 Å². The zero-order valence-electron chi connectivity index (χ0n) is 16.9. The Kier molecular flexibility index (Phi) is 5.33. The lowest BCUT2D eigenvalue weighted by Crippen LogP contribution is -2.44. The van der Waals surface area contributed by atoms with Crippen LogP contribution in [-0.4, -0.2) is 45.2 Å². The van der Waals surface area contributed by atoms with E-state index >= 15 is 0 Å². The highest BCUT2D eigenvalue weighted by Crippen LogP contribution is 2.31. The highest BCUT2D eigenvalue weighted by Gasteiger charge is 2.38. The van der Waals surface area contributed by atoms with Gasteiger partial charge < -0.3 is 9.47 Å². The fourth-order valence-electron chi connectivity index (χ4n) is 5.14. The maximum atomic E-state index is 13.4. The number of aryl methyl sites for hydroxylation is 1. The van der Waals surface area contributed by atoms with Crippen LogP contribution in [0.2, 0.25) is 0 Å². The Balaban J connectivity index is 1.32. The third-order valence-electron chi connectivity index (χ3n) is 6.69. The van der Waals surface area contributed by atoms with Crippen LogP contribution in [0.15, 0.2) is 30.3 Å². The molecule has 0 aliphatic carbocycles. The topological polar surface area (TPSA) is 75.1 Å². The number of nitrogens with one attached hydrogen (secondary N) is 2. The Morgan fingerprint density at radius 1 is 1.03 bits per heavy atom. The van der Waals surface area contributed by atoms with Gasteiger partial charge in [0, 0.05) is 38.5 Å². The molecule has 5 rings (SSSR count). The normalized spacial score (nSPS) is 27.4. The molecule has 3 atom stereocenters. The van der Waals surface area contributed by atoms with Crippen LogP contribution in [0.5, 0.6) is 0 Å². The summed E-state index contributed by atoms with van der Waals surface area (Å²) >= 11 is 0. The van der Waals surface area contributed by atoms with Gasteiger partial charge in [0.05, 0.1) is 12.0 Å². The van der Waals surface area contributed by atoms with Crippen molar-refractivity contribution >= 4 is 5.91 Å². The van der Waals surface area contributed by atoms with Crippen molar-refractivity contribution in [2.45, 2.75) is 57.0 Å². The van der Waals surface area contributed by atoms with Crippen molar-refractivity contribution in [2.24, 2.45) is 5.92 Å². The van der Waals surface area contributed by atoms with Gasteiger partial charge in [-0.2, -0.15) is 0 Å². The third kappa shape index (κ3) is 3.69. The van der Waals surface area contributed by atoms with Crippen molar-refractivity contribution in [3.05, 3.63) is 47.5 Å². The Morgan fingerprint density at radius 3 is 2.83 bits per heavy atom. The Morgan fingerprint density at radius 2 is 1.93 bits per heavy atom. The SMILES string of the molecule is O=C(C1CNNC1c1ccccc1)N1CCCC(c2nnc3n2CCCCC3)C1. The standard InChI is InChI=1S/C22H30N6O/c29-22(18-14-23-25-20(18)16-8-3-1-4-9-16)27-12-7-10-17(15-27)21-26-24-19-11-5-2-6-13-28(19)21/h1,3-4,8-9,17-18,20,23,25H,2,5-7,10-15H2. The van der Waals surface area contributed by atoms with Crippen LogP contribution in [0, 0.1) is 5.92 Å². The number of nitrogens with zero attached hydrogens (tertiary/aromatic N) is 4. The molecule has 2 aromatic rings. The summed E-state index contributed by atoms with van der Waals surface area (Å²) in [6.45, 7) is 3.29. The number of aromatic nitrogens is 3. The lowest BCUT2D eigenvalue weighted by molar-refractivity contribution is -0.136. The second-order valence-electron chi connectivity index (χ2n) is 8.58. The van der Waals surface area contributed by atoms with E-state index in [-0.39, 0.29) is 17.9 Å². The second kappa shape index (κ2) is 8.24. The van der Waals surface area contributed by atoms with E-state index in [1.54, 1.807) is 0 Å². The minimum atomic E-state index is -0.0772. The van der Waals surface area contributed by atoms with Crippen LogP contribution >= 0.6 is 0 Å². The number of carbonyl (C=O) groups is 1. The number of rotatable bonds is 3. The van der Waals surface area contributed by atoms with Crippen molar-refractivity contribution < 1.29 is 4.79 Å². The highest BCUT2D eigenvalue weighted by molar-refractivity contribution is 5.80. The van der Waals surface area contributed by atoms with Gasteiger partial charge in [0.25, 0.3) is 0 Å². The van der Waals surface area contributed by atoms with Crippen LogP contribution < -0.4 is 10.9 Å². The predicted octanol–water partition coefficient (Wildman–Crippen LogP) is 2.18. The first-order chi connectivity index (χ1) is 14.3. The largest absolute Gasteiger partial charge is 0.342 e. The Bertz CT molecular complexity index is 850. The van der Waals surface area contributed by atoms with Crippen molar-refractivity contribution in [3.8, 4) is 0 Å². The van der Waals surface area contributed by atoms with Gasteiger partial charge in [0.1, 0.15) is 11.6 Å². The fourth-order valence-corrected chi connectivity index (χ4v) is 5.14. The first-order valence-corrected chi connectivity index (χ1v) is 11.1. The number of benzene rings is 1. The van der Waals surface area contributed by atoms with E-state index < -0.39 is 0 Å². The fraction of sp³-hybridized carbons (Fsp3) is 0.591. The predicted molar refractivity (Wildman–Crippen MR) is 110 cm³/mol. The number of hydrogen-bond acceptors (Lipinski definition) is 5. The number of carbonyl (C=O) groups excluding carboxylic acids is 1. The molecule has 1 amide bonds. The smallest absolute Gasteiger partial charge is 0.229 e. The Labute approximate surface area is 171 Å². The molecule has 2 N–H and O–H groups in total. The van der Waals surface area contributed by atoms with Crippen LogP contribution in [0.3, 0.4) is 0 Å². The van der Waals surface area contributed by atoms with Crippen LogP contribution in [0.4, 0.5) is 0 Å². The molecule has 3 unspecified atom stereocenters. The molecule has 2 saturated heterocycles. The van der Waals surface area contributed by atoms with Crippen molar-refractivity contribution in [1.29, 1.82) is 0 Å². The second-order valence-corrected chi connectivity index (χ2v) is 8.58. The minimum absolute atomic E-state index is 0.0217. The summed E-state index contributed by atoms with van der Waals surface area (Å²) in [6, 6.07) is 10.3. The average Bonchev–Trinajstić information content (AvgIpc) is 3.36. The number of hydrazine groups is 1. The zero-order chi connectivity index (χ0) is 19.6. The molecule has 7 heteroatoms. The molecular formula is C22H30N6O. The first kappa shape index (κ1) is 18.8. The summed E-state index contributed by atoms with van der Waals surface area (Å²) in [5, 5.41) is 9.05. The summed E-state index contributed by atoms with van der Waals surface area (Å²) in [5.41, 5.74) is 7.67. The lowest BCUT2D eigenvalue weighted by atomic mass is 9.91. The van der Waals surface area contributed by atoms with E-state index in [0.29, 0.717) is 12.5 Å². The van der Waals surface area contributed by atoms with E-state index in [1.807, 2.05) is 18.2 Å². The minimum Gasteiger partial charge on any atom is -0.342 e. The maximum Gasteiger partial charge on any atom is 0.229 e. The summed E-state index contributed by atoms with van der Waals surface area (Å²) in [5.74, 6) is 2.70. The van der Waals surface area contributed by atoms with Crippen LogP contribution in [-0.2, 0) is 17.8 Å². The van der Waals surface area contributed by atoms with E-state index in [0.717, 1.165) is 56.1 Å². The number of likely N-dealkylation sites (tertiary alicyclic amines) is 1. The summed E-state index contributed by atoms with van der Waals surface area (Å²) in [7, 11) is 0. The van der Waals surface area contributed by atoms with Crippen molar-refractivity contribution in [1.82, 2.24) is 30.5 Å². The lowest BCUT2D eigenvalue weighted by Gasteiger charge is -2.35. The number of amides is 1. The molecule has 4 heterocycles. The molecule has 0 spiro atoms. The van der Waals surface area contributed by atoms with Gasteiger partial charge >= 0.3 is 0 Å². The third-order valence-corrected chi connectivity index (χ3v) is 6.69. The molecule has 1 aromatic carbocycles. The number of fused-ring (bicyclic) bond motifs is 1. The molecule has 2 fully saturated rings. The van der Waals surface area contributed by atoms with E-state index in [1.165, 1.54) is 19.3 Å². The molecule has 3 aliphatic heterocycles. The molecule has 0 radical (unpaired) electrons. The molecule has 154 valence electrons. The molecular weight excluding hydrogens is 364 g/mol. The molecule has 0 saturated carbocycles. The van der Waals surface area contributed by atoms with Crippen molar-refractivity contribution in [2.75, 3.05) is 19.6 Å². The van der Waals surface area contributed by atoms with Gasteiger partial charge in [-0.15, -0.1) is 10.2 Å². The van der Waals surface area contributed by atoms with Crippen molar-refractivity contribution in [3.63, 3.8) is 0 Å².